The lowest BCUT2D eigenvalue weighted by atomic mass is 10.2. The van der Waals surface area contributed by atoms with Gasteiger partial charge in [0.2, 0.25) is 5.91 Å². The fraction of sp³-hybridized carbons (Fsp3) is 0.429. The van der Waals surface area contributed by atoms with E-state index in [9.17, 15) is 9.59 Å². The van der Waals surface area contributed by atoms with Gasteiger partial charge in [-0.05, 0) is 55.6 Å². The van der Waals surface area contributed by atoms with Gasteiger partial charge in [0.1, 0.15) is 0 Å². The second kappa shape index (κ2) is 10.3. The molecule has 1 unspecified atom stereocenters. The van der Waals surface area contributed by atoms with Gasteiger partial charge in [0.25, 0.3) is 5.91 Å². The zero-order chi connectivity index (χ0) is 20.6. The van der Waals surface area contributed by atoms with Crippen LogP contribution in [0.1, 0.15) is 34.1 Å². The minimum Gasteiger partial charge on any atom is -0.493 e. The van der Waals surface area contributed by atoms with Gasteiger partial charge < -0.3 is 20.1 Å². The van der Waals surface area contributed by atoms with Gasteiger partial charge in [0.05, 0.1) is 26.8 Å². The summed E-state index contributed by atoms with van der Waals surface area (Å²) >= 11 is 1.71. The SMILES string of the molecule is COc1ccc(C(=O)NCC(=O)NCC(c2cccs2)N2CCCC2)cc1OC. The van der Waals surface area contributed by atoms with Gasteiger partial charge in [-0.1, -0.05) is 6.07 Å². The van der Waals surface area contributed by atoms with E-state index in [0.29, 0.717) is 23.6 Å². The maximum Gasteiger partial charge on any atom is 0.251 e. The number of thiophene rings is 1. The van der Waals surface area contributed by atoms with Crippen LogP contribution in [0.2, 0.25) is 0 Å². The number of methoxy groups -OCH3 is 2. The predicted molar refractivity (Wildman–Crippen MR) is 113 cm³/mol. The number of carbonyl (C=O) groups excluding carboxylic acids is 2. The van der Waals surface area contributed by atoms with Crippen LogP contribution in [0.25, 0.3) is 0 Å². The number of nitrogens with zero attached hydrogens (tertiary/aromatic N) is 1. The smallest absolute Gasteiger partial charge is 0.251 e. The Hall–Kier alpha value is -2.58. The maximum atomic E-state index is 12.4. The Balaban J connectivity index is 1.52. The van der Waals surface area contributed by atoms with Gasteiger partial charge in [-0.15, -0.1) is 11.3 Å². The Kier molecular flexibility index (Phi) is 7.48. The molecule has 0 bridgehead atoms. The zero-order valence-corrected chi connectivity index (χ0v) is 17.6. The second-order valence-corrected chi connectivity index (χ2v) is 7.81. The van der Waals surface area contributed by atoms with Crippen LogP contribution in [-0.4, -0.2) is 57.1 Å². The monoisotopic (exact) mass is 417 g/mol. The van der Waals surface area contributed by atoms with Crippen molar-refractivity contribution in [2.24, 2.45) is 0 Å². The predicted octanol–water partition coefficient (Wildman–Crippen LogP) is 2.45. The summed E-state index contributed by atoms with van der Waals surface area (Å²) in [6.45, 7) is 2.55. The molecule has 2 N–H and O–H groups in total. The molecule has 0 saturated carbocycles. The standard InChI is InChI=1S/C21H27N3O4S/c1-27-17-8-7-15(12-18(17)28-2)21(26)23-14-20(25)22-13-16(19-6-5-11-29-19)24-9-3-4-10-24/h5-8,11-12,16H,3-4,9-10,13-14H2,1-2H3,(H,22,25)(H,23,26). The second-order valence-electron chi connectivity index (χ2n) is 6.83. The molecule has 1 fully saturated rings. The van der Waals surface area contributed by atoms with Crippen LogP contribution in [0.4, 0.5) is 0 Å². The van der Waals surface area contributed by atoms with E-state index in [1.54, 1.807) is 29.5 Å². The number of likely N-dealkylation sites (tertiary alicyclic amines) is 1. The van der Waals surface area contributed by atoms with Crippen LogP contribution in [0.3, 0.4) is 0 Å². The highest BCUT2D eigenvalue weighted by Crippen LogP contribution is 2.28. The largest absolute Gasteiger partial charge is 0.493 e. The third kappa shape index (κ3) is 5.48. The summed E-state index contributed by atoms with van der Waals surface area (Å²) in [6, 6.07) is 9.21. The fourth-order valence-electron chi connectivity index (χ4n) is 3.46. The minimum absolute atomic E-state index is 0.0790. The molecule has 2 amide bonds. The molecule has 0 spiro atoms. The molecule has 1 saturated heterocycles. The first-order valence-corrected chi connectivity index (χ1v) is 10.5. The molecule has 156 valence electrons. The molecule has 1 aliphatic heterocycles. The summed E-state index contributed by atoms with van der Waals surface area (Å²) in [5.74, 6) is 0.465. The van der Waals surface area contributed by atoms with E-state index in [1.165, 1.54) is 31.9 Å². The molecule has 0 aliphatic carbocycles. The average molecular weight is 418 g/mol. The number of rotatable bonds is 9. The van der Waals surface area contributed by atoms with Gasteiger partial charge in [0.15, 0.2) is 11.5 Å². The van der Waals surface area contributed by atoms with Gasteiger partial charge in [-0.3, -0.25) is 14.5 Å². The molecule has 1 aromatic carbocycles. The summed E-state index contributed by atoms with van der Waals surface area (Å²) < 4.78 is 10.4. The topological polar surface area (TPSA) is 79.9 Å². The number of hydrogen-bond acceptors (Lipinski definition) is 6. The molecule has 7 nitrogen and oxygen atoms in total. The summed E-state index contributed by atoms with van der Waals surface area (Å²) in [6.07, 6.45) is 2.38. The Morgan fingerprint density at radius 2 is 1.86 bits per heavy atom. The highest BCUT2D eigenvalue weighted by atomic mass is 32.1. The summed E-state index contributed by atoms with van der Waals surface area (Å²) in [7, 11) is 3.05. The van der Waals surface area contributed by atoms with E-state index in [-0.39, 0.29) is 24.4 Å². The first kappa shape index (κ1) is 21.1. The van der Waals surface area contributed by atoms with Crippen molar-refractivity contribution in [1.29, 1.82) is 0 Å². The van der Waals surface area contributed by atoms with Gasteiger partial charge in [0, 0.05) is 17.0 Å². The zero-order valence-electron chi connectivity index (χ0n) is 16.8. The summed E-state index contributed by atoms with van der Waals surface area (Å²) in [4.78, 5) is 28.3. The van der Waals surface area contributed by atoms with Crippen molar-refractivity contribution >= 4 is 23.2 Å². The van der Waals surface area contributed by atoms with Crippen molar-refractivity contribution < 1.29 is 19.1 Å². The number of benzene rings is 1. The van der Waals surface area contributed by atoms with E-state index >= 15 is 0 Å². The van der Waals surface area contributed by atoms with E-state index in [4.69, 9.17) is 9.47 Å². The molecule has 29 heavy (non-hydrogen) atoms. The van der Waals surface area contributed by atoms with Gasteiger partial charge >= 0.3 is 0 Å². The summed E-state index contributed by atoms with van der Waals surface area (Å²) in [5, 5.41) is 7.68. The molecular weight excluding hydrogens is 390 g/mol. The van der Waals surface area contributed by atoms with Crippen molar-refractivity contribution in [3.63, 3.8) is 0 Å². The first-order valence-electron chi connectivity index (χ1n) is 9.66. The number of carbonyl (C=O) groups is 2. The van der Waals surface area contributed by atoms with E-state index in [1.807, 2.05) is 6.07 Å². The Morgan fingerprint density at radius 1 is 1.10 bits per heavy atom. The molecule has 0 radical (unpaired) electrons. The summed E-state index contributed by atoms with van der Waals surface area (Å²) in [5.41, 5.74) is 0.406. The molecule has 1 atom stereocenters. The van der Waals surface area contributed by atoms with Crippen LogP contribution in [0, 0.1) is 0 Å². The molecule has 3 rings (SSSR count). The minimum atomic E-state index is -0.338. The number of amides is 2. The molecule has 1 aromatic heterocycles. The fourth-order valence-corrected chi connectivity index (χ4v) is 4.32. The van der Waals surface area contributed by atoms with Crippen LogP contribution in [0.5, 0.6) is 11.5 Å². The molecular formula is C21H27N3O4S. The normalized spacial score (nSPS) is 15.0. The quantitative estimate of drug-likeness (QED) is 0.655. The number of nitrogens with one attached hydrogen (secondary N) is 2. The number of ether oxygens (including phenoxy) is 2. The highest BCUT2D eigenvalue weighted by Gasteiger charge is 2.24. The number of hydrogen-bond donors (Lipinski definition) is 2. The highest BCUT2D eigenvalue weighted by molar-refractivity contribution is 7.10. The molecule has 1 aliphatic rings. The van der Waals surface area contributed by atoms with E-state index < -0.39 is 0 Å². The van der Waals surface area contributed by atoms with Crippen molar-refractivity contribution in [1.82, 2.24) is 15.5 Å². The Bertz CT molecular complexity index is 819. The van der Waals surface area contributed by atoms with Crippen molar-refractivity contribution in [2.75, 3.05) is 40.4 Å². The van der Waals surface area contributed by atoms with Crippen LogP contribution in [-0.2, 0) is 4.79 Å². The average Bonchev–Trinajstić information content (AvgIpc) is 3.46. The van der Waals surface area contributed by atoms with Gasteiger partial charge in [-0.2, -0.15) is 0 Å². The van der Waals surface area contributed by atoms with Crippen molar-refractivity contribution in [2.45, 2.75) is 18.9 Å². The van der Waals surface area contributed by atoms with Crippen LogP contribution >= 0.6 is 11.3 Å². The lowest BCUT2D eigenvalue weighted by Gasteiger charge is -2.26. The third-order valence-electron chi connectivity index (χ3n) is 5.00. The molecule has 2 aromatic rings. The third-order valence-corrected chi connectivity index (χ3v) is 5.97. The van der Waals surface area contributed by atoms with Gasteiger partial charge in [-0.25, -0.2) is 0 Å². The molecule has 8 heteroatoms. The van der Waals surface area contributed by atoms with E-state index in [0.717, 1.165) is 13.1 Å². The van der Waals surface area contributed by atoms with Crippen molar-refractivity contribution in [3.8, 4) is 11.5 Å². The molecule has 2 heterocycles. The van der Waals surface area contributed by atoms with E-state index in [2.05, 4.69) is 27.0 Å². The lowest BCUT2D eigenvalue weighted by Crippen LogP contribution is -2.41. The van der Waals surface area contributed by atoms with Crippen molar-refractivity contribution in [3.05, 3.63) is 46.2 Å². The first-order chi connectivity index (χ1) is 14.1. The van der Waals surface area contributed by atoms with Crippen LogP contribution in [0.15, 0.2) is 35.7 Å². The van der Waals surface area contributed by atoms with Crippen LogP contribution < -0.4 is 20.1 Å². The Labute approximate surface area is 175 Å². The lowest BCUT2D eigenvalue weighted by molar-refractivity contribution is -0.120. The maximum absolute atomic E-state index is 12.4. The Morgan fingerprint density at radius 3 is 2.52 bits per heavy atom.